The highest BCUT2D eigenvalue weighted by molar-refractivity contribution is 7.99. The van der Waals surface area contributed by atoms with Crippen LogP contribution in [0.4, 0.5) is 5.95 Å². The molecule has 0 bridgehead atoms. The van der Waals surface area contributed by atoms with Gasteiger partial charge < -0.3 is 10.5 Å². The van der Waals surface area contributed by atoms with E-state index in [1.54, 1.807) is 11.8 Å². The molecule has 1 unspecified atom stereocenters. The van der Waals surface area contributed by atoms with Gasteiger partial charge in [0.1, 0.15) is 0 Å². The Labute approximate surface area is 131 Å². The number of nitrogens with two attached hydrogens (primary N) is 1. The molecule has 0 radical (unpaired) electrons. The van der Waals surface area contributed by atoms with Crippen LogP contribution in [0.15, 0.2) is 5.16 Å². The van der Waals surface area contributed by atoms with E-state index in [1.165, 1.54) is 44.9 Å². The van der Waals surface area contributed by atoms with Gasteiger partial charge in [0.15, 0.2) is 5.16 Å². The lowest BCUT2D eigenvalue weighted by molar-refractivity contribution is -0.0555. The SMILES string of the molecule is CC(C)n1c(N)nnc1SCC1CCC2(CCCCC2)O1. The molecule has 2 fully saturated rings. The van der Waals surface area contributed by atoms with Crippen LogP contribution in [0.2, 0.25) is 0 Å². The van der Waals surface area contributed by atoms with Crippen LogP contribution >= 0.6 is 11.8 Å². The summed E-state index contributed by atoms with van der Waals surface area (Å²) in [5.74, 6) is 1.45. The largest absolute Gasteiger partial charge is 0.371 e. The highest BCUT2D eigenvalue weighted by Gasteiger charge is 2.40. The molecule has 2 N–H and O–H groups in total. The van der Waals surface area contributed by atoms with Crippen LogP contribution in [0.5, 0.6) is 0 Å². The van der Waals surface area contributed by atoms with Crippen molar-refractivity contribution < 1.29 is 4.74 Å². The summed E-state index contributed by atoms with van der Waals surface area (Å²) in [7, 11) is 0. The molecule has 2 heterocycles. The third-order valence-electron chi connectivity index (χ3n) is 4.71. The van der Waals surface area contributed by atoms with Crippen LogP contribution in [0.3, 0.4) is 0 Å². The molecule has 1 aromatic rings. The van der Waals surface area contributed by atoms with Crippen molar-refractivity contribution in [2.45, 2.75) is 81.7 Å². The molecule has 1 atom stereocenters. The predicted octanol–water partition coefficient (Wildman–Crippen LogP) is 3.42. The number of hydrogen-bond acceptors (Lipinski definition) is 5. The van der Waals surface area contributed by atoms with Crippen molar-refractivity contribution in [1.82, 2.24) is 14.8 Å². The van der Waals surface area contributed by atoms with Gasteiger partial charge in [-0.2, -0.15) is 0 Å². The number of nitrogens with zero attached hydrogens (tertiary/aromatic N) is 3. The molecular formula is C15H26N4OS. The van der Waals surface area contributed by atoms with E-state index in [2.05, 4.69) is 24.0 Å². The molecule has 1 aliphatic carbocycles. The second-order valence-corrected chi connectivity index (χ2v) is 7.62. The maximum absolute atomic E-state index is 6.41. The Morgan fingerprint density at radius 3 is 2.76 bits per heavy atom. The first-order chi connectivity index (χ1) is 10.1. The van der Waals surface area contributed by atoms with E-state index in [9.17, 15) is 0 Å². The Kier molecular flexibility index (Phi) is 4.45. The van der Waals surface area contributed by atoms with Crippen LogP contribution in [-0.4, -0.2) is 32.2 Å². The maximum atomic E-state index is 6.41. The Morgan fingerprint density at radius 1 is 1.29 bits per heavy atom. The average Bonchev–Trinajstić information content (AvgIpc) is 3.02. The number of rotatable bonds is 4. The van der Waals surface area contributed by atoms with E-state index in [0.29, 0.717) is 12.1 Å². The Bertz CT molecular complexity index is 482. The van der Waals surface area contributed by atoms with Crippen LogP contribution in [0.25, 0.3) is 0 Å². The summed E-state index contributed by atoms with van der Waals surface area (Å²) in [5.41, 5.74) is 6.09. The molecule has 1 saturated carbocycles. The van der Waals surface area contributed by atoms with Crippen molar-refractivity contribution in [2.75, 3.05) is 11.5 Å². The zero-order valence-corrected chi connectivity index (χ0v) is 13.9. The smallest absolute Gasteiger partial charge is 0.222 e. The van der Waals surface area contributed by atoms with Crippen molar-refractivity contribution in [3.63, 3.8) is 0 Å². The molecule has 1 saturated heterocycles. The summed E-state index contributed by atoms with van der Waals surface area (Å²) in [6.45, 7) is 4.21. The summed E-state index contributed by atoms with van der Waals surface area (Å²) in [5, 5.41) is 9.11. The fourth-order valence-electron chi connectivity index (χ4n) is 3.62. The predicted molar refractivity (Wildman–Crippen MR) is 85.5 cm³/mol. The number of anilines is 1. The van der Waals surface area contributed by atoms with Crippen molar-refractivity contribution >= 4 is 17.7 Å². The lowest BCUT2D eigenvalue weighted by Crippen LogP contribution is -2.32. The van der Waals surface area contributed by atoms with Gasteiger partial charge in [-0.1, -0.05) is 31.0 Å². The number of thioether (sulfide) groups is 1. The van der Waals surface area contributed by atoms with Crippen LogP contribution in [-0.2, 0) is 4.74 Å². The van der Waals surface area contributed by atoms with Gasteiger partial charge >= 0.3 is 0 Å². The monoisotopic (exact) mass is 310 g/mol. The molecule has 0 amide bonds. The Hall–Kier alpha value is -0.750. The molecule has 21 heavy (non-hydrogen) atoms. The van der Waals surface area contributed by atoms with Crippen molar-refractivity contribution in [1.29, 1.82) is 0 Å². The first-order valence-corrected chi connectivity index (χ1v) is 9.09. The van der Waals surface area contributed by atoms with E-state index in [4.69, 9.17) is 10.5 Å². The molecule has 5 nitrogen and oxygen atoms in total. The summed E-state index contributed by atoms with van der Waals surface area (Å²) in [4.78, 5) is 0. The summed E-state index contributed by atoms with van der Waals surface area (Å²) < 4.78 is 8.41. The van der Waals surface area contributed by atoms with Crippen molar-refractivity contribution in [2.24, 2.45) is 0 Å². The summed E-state index contributed by atoms with van der Waals surface area (Å²) in [6, 6.07) is 0.289. The maximum Gasteiger partial charge on any atom is 0.222 e. The Balaban J connectivity index is 1.57. The first-order valence-electron chi connectivity index (χ1n) is 8.11. The molecule has 118 valence electrons. The van der Waals surface area contributed by atoms with E-state index in [-0.39, 0.29) is 11.6 Å². The minimum atomic E-state index is 0.203. The van der Waals surface area contributed by atoms with Gasteiger partial charge in [-0.3, -0.25) is 4.57 Å². The Morgan fingerprint density at radius 2 is 2.05 bits per heavy atom. The average molecular weight is 310 g/mol. The zero-order valence-electron chi connectivity index (χ0n) is 13.0. The van der Waals surface area contributed by atoms with Gasteiger partial charge in [0.25, 0.3) is 0 Å². The van der Waals surface area contributed by atoms with Gasteiger partial charge in [-0.25, -0.2) is 0 Å². The highest BCUT2D eigenvalue weighted by Crippen LogP contribution is 2.43. The number of aromatic nitrogens is 3. The lowest BCUT2D eigenvalue weighted by Gasteiger charge is -2.33. The molecule has 1 aromatic heterocycles. The van der Waals surface area contributed by atoms with Crippen LogP contribution in [0, 0.1) is 0 Å². The number of ether oxygens (including phenoxy) is 1. The normalized spacial score (nSPS) is 25.0. The number of hydrogen-bond donors (Lipinski definition) is 1. The number of nitrogen functional groups attached to an aromatic ring is 1. The second-order valence-electron chi connectivity index (χ2n) is 6.64. The minimum Gasteiger partial charge on any atom is -0.371 e. The van der Waals surface area contributed by atoms with Crippen LogP contribution < -0.4 is 5.73 Å². The molecule has 3 rings (SSSR count). The molecule has 2 aliphatic rings. The highest BCUT2D eigenvalue weighted by atomic mass is 32.2. The van der Waals surface area contributed by atoms with Gasteiger partial charge in [0.2, 0.25) is 5.95 Å². The van der Waals surface area contributed by atoms with Gasteiger partial charge in [0.05, 0.1) is 11.7 Å². The van der Waals surface area contributed by atoms with Gasteiger partial charge in [0, 0.05) is 11.8 Å². The summed E-state index contributed by atoms with van der Waals surface area (Å²) in [6.07, 6.45) is 9.31. The van der Waals surface area contributed by atoms with E-state index < -0.39 is 0 Å². The van der Waals surface area contributed by atoms with Gasteiger partial charge in [-0.05, 0) is 39.5 Å². The summed E-state index contributed by atoms with van der Waals surface area (Å²) >= 11 is 1.73. The lowest BCUT2D eigenvalue weighted by atomic mass is 9.83. The first kappa shape index (κ1) is 15.2. The minimum absolute atomic E-state index is 0.203. The van der Waals surface area contributed by atoms with E-state index in [1.807, 2.05) is 4.57 Å². The third-order valence-corrected chi connectivity index (χ3v) is 5.78. The topological polar surface area (TPSA) is 66.0 Å². The molecular weight excluding hydrogens is 284 g/mol. The zero-order chi connectivity index (χ0) is 14.9. The van der Waals surface area contributed by atoms with Crippen LogP contribution in [0.1, 0.15) is 64.8 Å². The molecule has 0 aromatic carbocycles. The molecule has 6 heteroatoms. The third kappa shape index (κ3) is 3.21. The van der Waals surface area contributed by atoms with Crippen molar-refractivity contribution in [3.05, 3.63) is 0 Å². The van der Waals surface area contributed by atoms with E-state index >= 15 is 0 Å². The van der Waals surface area contributed by atoms with Gasteiger partial charge in [-0.15, -0.1) is 10.2 Å². The quantitative estimate of drug-likeness (QED) is 0.863. The fourth-order valence-corrected chi connectivity index (χ4v) is 4.73. The molecule has 1 spiro atoms. The molecule has 1 aliphatic heterocycles. The van der Waals surface area contributed by atoms with E-state index in [0.717, 1.165) is 10.9 Å². The fraction of sp³-hybridized carbons (Fsp3) is 0.867. The second kappa shape index (κ2) is 6.16. The standard InChI is InChI=1S/C15H26N4OS/c1-11(2)19-13(16)17-18-14(19)21-10-12-6-9-15(20-12)7-4-3-5-8-15/h11-12H,3-10H2,1-2H3,(H2,16,17). The van der Waals surface area contributed by atoms with Crippen molar-refractivity contribution in [3.8, 4) is 0 Å².